The molecule has 0 N–H and O–H groups in total. The number of nitrogens with zero attached hydrogens (tertiary/aromatic N) is 1. The maximum atomic E-state index is 13.1. The highest BCUT2D eigenvalue weighted by atomic mass is 35.5. The van der Waals surface area contributed by atoms with E-state index in [9.17, 15) is 17.6 Å². The predicted molar refractivity (Wildman–Crippen MR) is 92.3 cm³/mol. The van der Waals surface area contributed by atoms with Gasteiger partial charge in [-0.25, -0.2) is 12.8 Å². The fraction of sp³-hybridized carbons (Fsp3) is 0.235. The van der Waals surface area contributed by atoms with Crippen LogP contribution < -0.4 is 4.31 Å². The van der Waals surface area contributed by atoms with Crippen LogP contribution in [0.15, 0.2) is 47.4 Å². The minimum atomic E-state index is -4.09. The number of carbonyl (C=O) groups excluding carboxylic acids is 1. The lowest BCUT2D eigenvalue weighted by Crippen LogP contribution is -2.42. The van der Waals surface area contributed by atoms with E-state index in [4.69, 9.17) is 11.6 Å². The molecule has 2 aromatic rings. The molecule has 0 aliphatic rings. The highest BCUT2D eigenvalue weighted by Crippen LogP contribution is 2.30. The van der Waals surface area contributed by atoms with Crippen molar-refractivity contribution >= 4 is 32.6 Å². The third-order valence-electron chi connectivity index (χ3n) is 3.64. The molecule has 2 rings (SSSR count). The van der Waals surface area contributed by atoms with Gasteiger partial charge in [0.15, 0.2) is 0 Å². The van der Waals surface area contributed by atoms with E-state index in [1.54, 1.807) is 19.1 Å². The number of hydrogen-bond donors (Lipinski definition) is 0. The van der Waals surface area contributed by atoms with Gasteiger partial charge in [-0.15, -0.1) is 0 Å². The van der Waals surface area contributed by atoms with E-state index in [0.717, 1.165) is 34.1 Å². The molecule has 0 bridgehead atoms. The minimum absolute atomic E-state index is 0.117. The van der Waals surface area contributed by atoms with Crippen LogP contribution in [0.3, 0.4) is 0 Å². The Kier molecular flexibility index (Phi) is 5.30. The molecular weight excluding hydrogens is 353 g/mol. The number of hydrogen-bond acceptors (Lipinski definition) is 3. The lowest BCUT2D eigenvalue weighted by atomic mass is 10.1. The Balaban J connectivity index is 2.66. The molecule has 1 unspecified atom stereocenters. The summed E-state index contributed by atoms with van der Waals surface area (Å²) in [5.41, 5.74) is 2.00. The molecule has 0 aliphatic heterocycles. The molecule has 0 spiro atoms. The molecule has 7 heteroatoms. The first-order valence-corrected chi connectivity index (χ1v) is 9.03. The Morgan fingerprint density at radius 1 is 1.12 bits per heavy atom. The Hall–Kier alpha value is -1.92. The summed E-state index contributed by atoms with van der Waals surface area (Å²) >= 11 is 5.57. The summed E-state index contributed by atoms with van der Waals surface area (Å²) < 4.78 is 40.1. The van der Waals surface area contributed by atoms with E-state index in [0.29, 0.717) is 11.3 Å². The highest BCUT2D eigenvalue weighted by molar-refractivity contribution is 7.93. The second-order valence-electron chi connectivity index (χ2n) is 5.52. The average Bonchev–Trinajstić information content (AvgIpc) is 2.49. The molecule has 0 saturated heterocycles. The van der Waals surface area contributed by atoms with Gasteiger partial charge in [-0.2, -0.15) is 0 Å². The van der Waals surface area contributed by atoms with Gasteiger partial charge in [0.05, 0.1) is 10.6 Å². The fourth-order valence-corrected chi connectivity index (χ4v) is 4.25. The molecule has 0 aromatic heterocycles. The first-order chi connectivity index (χ1) is 11.1. The molecular formula is C17H17ClFNO3S. The summed E-state index contributed by atoms with van der Waals surface area (Å²) in [6, 6.07) is 8.51. The topological polar surface area (TPSA) is 54.5 Å². The van der Waals surface area contributed by atoms with E-state index in [1.807, 2.05) is 13.0 Å². The molecule has 0 amide bonds. The second-order valence-corrected chi connectivity index (χ2v) is 7.71. The normalized spacial score (nSPS) is 12.7. The molecule has 2 aromatic carbocycles. The zero-order chi connectivity index (χ0) is 18.1. The molecule has 4 nitrogen and oxygen atoms in total. The van der Waals surface area contributed by atoms with Crippen LogP contribution in [-0.4, -0.2) is 19.7 Å². The molecule has 1 atom stereocenters. The summed E-state index contributed by atoms with van der Waals surface area (Å²) in [7, 11) is -4.09. The van der Waals surface area contributed by atoms with Crippen LogP contribution in [0.25, 0.3) is 0 Å². The summed E-state index contributed by atoms with van der Waals surface area (Å²) in [6.45, 7) is 5.04. The number of sulfonamides is 1. The average molecular weight is 370 g/mol. The fourth-order valence-electron chi connectivity index (χ4n) is 2.41. The van der Waals surface area contributed by atoms with Crippen LogP contribution in [0.2, 0.25) is 0 Å². The van der Waals surface area contributed by atoms with Crippen molar-refractivity contribution in [2.75, 3.05) is 4.31 Å². The van der Waals surface area contributed by atoms with Crippen LogP contribution in [0.1, 0.15) is 18.1 Å². The van der Waals surface area contributed by atoms with E-state index in [2.05, 4.69) is 0 Å². The number of carbonyl (C=O) groups is 1. The lowest BCUT2D eigenvalue weighted by Gasteiger charge is -2.29. The van der Waals surface area contributed by atoms with Crippen molar-refractivity contribution in [1.29, 1.82) is 0 Å². The molecule has 0 radical (unpaired) electrons. The van der Waals surface area contributed by atoms with E-state index >= 15 is 0 Å². The SMILES string of the molecule is Cc1ccc(N(C(C)C(=O)Cl)S(=O)(=O)c2ccc(F)cc2)c(C)c1. The quantitative estimate of drug-likeness (QED) is 0.753. The third kappa shape index (κ3) is 3.60. The maximum Gasteiger partial charge on any atom is 0.265 e. The number of rotatable bonds is 5. The van der Waals surface area contributed by atoms with Crippen LogP contribution >= 0.6 is 11.6 Å². The molecule has 128 valence electrons. The van der Waals surface area contributed by atoms with Gasteiger partial charge in [0.2, 0.25) is 5.24 Å². The van der Waals surface area contributed by atoms with Crippen LogP contribution in [0, 0.1) is 19.7 Å². The Morgan fingerprint density at radius 3 is 2.21 bits per heavy atom. The maximum absolute atomic E-state index is 13.1. The summed E-state index contributed by atoms with van der Waals surface area (Å²) in [6.07, 6.45) is 0. The predicted octanol–water partition coefficient (Wildman–Crippen LogP) is 3.79. The van der Waals surface area contributed by atoms with E-state index < -0.39 is 27.1 Å². The van der Waals surface area contributed by atoms with Gasteiger partial charge in [-0.3, -0.25) is 9.10 Å². The van der Waals surface area contributed by atoms with Crippen molar-refractivity contribution in [3.63, 3.8) is 0 Å². The molecule has 0 saturated carbocycles. The van der Waals surface area contributed by atoms with Crippen molar-refractivity contribution in [2.45, 2.75) is 31.7 Å². The van der Waals surface area contributed by atoms with Gasteiger partial charge in [-0.05, 0) is 68.3 Å². The largest absolute Gasteiger partial charge is 0.279 e. The molecule has 0 aliphatic carbocycles. The van der Waals surface area contributed by atoms with Crippen molar-refractivity contribution < 1.29 is 17.6 Å². The summed E-state index contributed by atoms with van der Waals surface area (Å²) in [5, 5.41) is -0.805. The van der Waals surface area contributed by atoms with Crippen LogP contribution in [0.5, 0.6) is 0 Å². The number of anilines is 1. The first-order valence-electron chi connectivity index (χ1n) is 7.21. The highest BCUT2D eigenvalue weighted by Gasteiger charge is 2.33. The van der Waals surface area contributed by atoms with Crippen molar-refractivity contribution in [3.8, 4) is 0 Å². The number of halogens is 2. The lowest BCUT2D eigenvalue weighted by molar-refractivity contribution is -0.112. The molecule has 0 fully saturated rings. The third-order valence-corrected chi connectivity index (χ3v) is 5.85. The summed E-state index contributed by atoms with van der Waals surface area (Å²) in [4.78, 5) is 11.6. The minimum Gasteiger partial charge on any atom is -0.279 e. The van der Waals surface area contributed by atoms with Gasteiger partial charge in [0.25, 0.3) is 10.0 Å². The molecule has 0 heterocycles. The van der Waals surface area contributed by atoms with Crippen LogP contribution in [0.4, 0.5) is 10.1 Å². The Morgan fingerprint density at radius 2 is 1.71 bits per heavy atom. The smallest absolute Gasteiger partial charge is 0.265 e. The van der Waals surface area contributed by atoms with Crippen LogP contribution in [-0.2, 0) is 14.8 Å². The van der Waals surface area contributed by atoms with Crippen molar-refractivity contribution in [3.05, 3.63) is 59.4 Å². The Labute approximate surface area is 145 Å². The van der Waals surface area contributed by atoms with Gasteiger partial charge in [0.1, 0.15) is 11.9 Å². The van der Waals surface area contributed by atoms with Crippen molar-refractivity contribution in [2.24, 2.45) is 0 Å². The monoisotopic (exact) mass is 369 g/mol. The van der Waals surface area contributed by atoms with E-state index in [1.165, 1.54) is 6.92 Å². The van der Waals surface area contributed by atoms with E-state index in [-0.39, 0.29) is 4.90 Å². The summed E-state index contributed by atoms with van der Waals surface area (Å²) in [5.74, 6) is -0.548. The first kappa shape index (κ1) is 18.4. The second kappa shape index (κ2) is 6.91. The zero-order valence-electron chi connectivity index (χ0n) is 13.5. The number of benzene rings is 2. The molecule has 24 heavy (non-hydrogen) atoms. The number of aryl methyl sites for hydroxylation is 2. The van der Waals surface area contributed by atoms with Gasteiger partial charge in [0, 0.05) is 0 Å². The van der Waals surface area contributed by atoms with Gasteiger partial charge < -0.3 is 0 Å². The van der Waals surface area contributed by atoms with Gasteiger partial charge in [-0.1, -0.05) is 17.7 Å². The standard InChI is InChI=1S/C17H17ClFNO3S/c1-11-4-9-16(12(2)10-11)20(13(3)17(18)21)24(22,23)15-7-5-14(19)6-8-15/h4-10,13H,1-3H3. The van der Waals surface area contributed by atoms with Crippen molar-refractivity contribution in [1.82, 2.24) is 0 Å². The zero-order valence-corrected chi connectivity index (χ0v) is 15.0. The Bertz CT molecular complexity index is 866. The van der Waals surface area contributed by atoms with Gasteiger partial charge >= 0.3 is 0 Å².